The predicted molar refractivity (Wildman–Crippen MR) is 76.7 cm³/mol. The number of methoxy groups -OCH3 is 1. The molecule has 0 amide bonds. The van der Waals surface area contributed by atoms with Crippen molar-refractivity contribution in [3.63, 3.8) is 0 Å². The molecule has 0 N–H and O–H groups in total. The average Bonchev–Trinajstić information content (AvgIpc) is 2.46. The van der Waals surface area contributed by atoms with Gasteiger partial charge in [-0.05, 0) is 30.7 Å². The Morgan fingerprint density at radius 2 is 1.67 bits per heavy atom. The second kappa shape index (κ2) is 6.10. The van der Waals surface area contributed by atoms with Crippen LogP contribution in [0.25, 0.3) is 0 Å². The summed E-state index contributed by atoms with van der Waals surface area (Å²) in [5, 5.41) is 0. The van der Waals surface area contributed by atoms with Gasteiger partial charge in [0.2, 0.25) is 0 Å². The molecule has 0 spiro atoms. The van der Waals surface area contributed by atoms with Crippen molar-refractivity contribution in [2.24, 2.45) is 0 Å². The molecule has 0 saturated heterocycles. The fourth-order valence-electron chi connectivity index (χ4n) is 2.02. The Labute approximate surface area is 109 Å². The van der Waals surface area contributed by atoms with E-state index in [4.69, 9.17) is 4.74 Å². The molecule has 0 bridgehead atoms. The maximum absolute atomic E-state index is 5.29. The van der Waals surface area contributed by atoms with Gasteiger partial charge in [0.05, 0.1) is 7.11 Å². The van der Waals surface area contributed by atoms with E-state index in [1.54, 1.807) is 7.11 Å². The van der Waals surface area contributed by atoms with Crippen LogP contribution >= 0.6 is 0 Å². The summed E-state index contributed by atoms with van der Waals surface area (Å²) >= 11 is 0. The molecule has 0 heterocycles. The van der Waals surface area contributed by atoms with Crippen LogP contribution in [0.3, 0.4) is 0 Å². The van der Waals surface area contributed by atoms with Gasteiger partial charge in [-0.1, -0.05) is 31.2 Å². The lowest BCUT2D eigenvalue weighted by atomic mass is 10.2. The lowest BCUT2D eigenvalue weighted by Gasteiger charge is -2.24. The molecule has 0 atom stereocenters. The lowest BCUT2D eigenvalue weighted by Crippen LogP contribution is -2.17. The molecule has 0 aromatic heterocycles. The summed E-state index contributed by atoms with van der Waals surface area (Å²) in [6, 6.07) is 18.6. The van der Waals surface area contributed by atoms with Crippen molar-refractivity contribution >= 4 is 11.4 Å². The molecule has 0 fully saturated rings. The van der Waals surface area contributed by atoms with Gasteiger partial charge in [-0.25, -0.2) is 0 Å². The third-order valence-corrected chi connectivity index (χ3v) is 2.88. The van der Waals surface area contributed by atoms with E-state index in [-0.39, 0.29) is 0 Å². The highest BCUT2D eigenvalue weighted by Gasteiger charge is 2.08. The Morgan fingerprint density at radius 1 is 0.944 bits per heavy atom. The second-order valence-electron chi connectivity index (χ2n) is 4.19. The number of hydrogen-bond donors (Lipinski definition) is 0. The number of benzene rings is 2. The minimum absolute atomic E-state index is 0.893. The summed E-state index contributed by atoms with van der Waals surface area (Å²) < 4.78 is 5.29. The molecule has 0 aliphatic rings. The van der Waals surface area contributed by atoms with Gasteiger partial charge in [-0.3, -0.25) is 0 Å². The first-order chi connectivity index (χ1) is 8.85. The quantitative estimate of drug-likeness (QED) is 0.776. The van der Waals surface area contributed by atoms with Crippen LogP contribution in [0.2, 0.25) is 0 Å². The fourth-order valence-corrected chi connectivity index (χ4v) is 2.02. The number of rotatable bonds is 5. The summed E-state index contributed by atoms with van der Waals surface area (Å²) in [5.74, 6) is 0.893. The van der Waals surface area contributed by atoms with E-state index in [1.165, 1.54) is 11.4 Å². The van der Waals surface area contributed by atoms with Crippen LogP contribution in [0.4, 0.5) is 11.4 Å². The summed E-state index contributed by atoms with van der Waals surface area (Å²) in [6.45, 7) is 3.19. The molecule has 2 rings (SSSR count). The highest BCUT2D eigenvalue weighted by Crippen LogP contribution is 2.28. The fraction of sp³-hybridized carbons (Fsp3) is 0.250. The molecule has 0 saturated carbocycles. The van der Waals surface area contributed by atoms with Crippen molar-refractivity contribution in [1.29, 1.82) is 0 Å². The van der Waals surface area contributed by atoms with Gasteiger partial charge in [0.1, 0.15) is 5.75 Å². The molecule has 0 aliphatic heterocycles. The van der Waals surface area contributed by atoms with Crippen molar-refractivity contribution < 1.29 is 4.74 Å². The maximum Gasteiger partial charge on any atom is 0.120 e. The van der Waals surface area contributed by atoms with Crippen LogP contribution in [-0.4, -0.2) is 13.7 Å². The number of ether oxygens (including phenoxy) is 1. The van der Waals surface area contributed by atoms with E-state index in [2.05, 4.69) is 48.2 Å². The standard InChI is InChI=1S/C16H19NO/c1-3-12-17(14-8-5-4-6-9-14)15-10-7-11-16(13-15)18-2/h4-11,13H,3,12H2,1-2H3. The molecule has 18 heavy (non-hydrogen) atoms. The molecule has 2 aromatic rings. The molecule has 0 aliphatic carbocycles. The Bertz CT molecular complexity index is 481. The highest BCUT2D eigenvalue weighted by atomic mass is 16.5. The molecule has 94 valence electrons. The van der Waals surface area contributed by atoms with E-state index in [9.17, 15) is 0 Å². The largest absolute Gasteiger partial charge is 0.497 e. The molecule has 0 unspecified atom stereocenters. The zero-order chi connectivity index (χ0) is 12.8. The average molecular weight is 241 g/mol. The van der Waals surface area contributed by atoms with Gasteiger partial charge in [0.15, 0.2) is 0 Å². The third-order valence-electron chi connectivity index (χ3n) is 2.88. The number of anilines is 2. The Kier molecular flexibility index (Phi) is 4.24. The van der Waals surface area contributed by atoms with E-state index in [0.717, 1.165) is 18.7 Å². The predicted octanol–water partition coefficient (Wildman–Crippen LogP) is 4.24. The van der Waals surface area contributed by atoms with E-state index >= 15 is 0 Å². The molecule has 2 nitrogen and oxygen atoms in total. The van der Waals surface area contributed by atoms with Crippen molar-refractivity contribution in [2.75, 3.05) is 18.6 Å². The minimum Gasteiger partial charge on any atom is -0.497 e. The summed E-state index contributed by atoms with van der Waals surface area (Å²) in [5.41, 5.74) is 2.38. The maximum atomic E-state index is 5.29. The normalized spacial score (nSPS) is 10.1. The zero-order valence-electron chi connectivity index (χ0n) is 11.0. The van der Waals surface area contributed by atoms with Crippen LogP contribution in [0.15, 0.2) is 54.6 Å². The summed E-state index contributed by atoms with van der Waals surface area (Å²) in [6.07, 6.45) is 1.10. The van der Waals surface area contributed by atoms with Gasteiger partial charge in [0, 0.05) is 24.0 Å². The van der Waals surface area contributed by atoms with E-state index in [1.807, 2.05) is 18.2 Å². The van der Waals surface area contributed by atoms with Crippen LogP contribution in [0.5, 0.6) is 5.75 Å². The monoisotopic (exact) mass is 241 g/mol. The first-order valence-electron chi connectivity index (χ1n) is 6.31. The van der Waals surface area contributed by atoms with Crippen molar-refractivity contribution in [2.45, 2.75) is 13.3 Å². The topological polar surface area (TPSA) is 12.5 Å². The lowest BCUT2D eigenvalue weighted by molar-refractivity contribution is 0.415. The second-order valence-corrected chi connectivity index (χ2v) is 4.19. The Balaban J connectivity index is 2.35. The number of hydrogen-bond acceptors (Lipinski definition) is 2. The Hall–Kier alpha value is -1.96. The van der Waals surface area contributed by atoms with Crippen molar-refractivity contribution in [3.8, 4) is 5.75 Å². The zero-order valence-corrected chi connectivity index (χ0v) is 11.0. The minimum atomic E-state index is 0.893. The van der Waals surface area contributed by atoms with Gasteiger partial charge < -0.3 is 9.64 Å². The smallest absolute Gasteiger partial charge is 0.120 e. The van der Waals surface area contributed by atoms with E-state index < -0.39 is 0 Å². The van der Waals surface area contributed by atoms with Gasteiger partial charge in [0.25, 0.3) is 0 Å². The van der Waals surface area contributed by atoms with Gasteiger partial charge in [-0.15, -0.1) is 0 Å². The van der Waals surface area contributed by atoms with Crippen molar-refractivity contribution in [3.05, 3.63) is 54.6 Å². The molecule has 2 aromatic carbocycles. The van der Waals surface area contributed by atoms with Crippen LogP contribution < -0.4 is 9.64 Å². The van der Waals surface area contributed by atoms with Gasteiger partial charge in [-0.2, -0.15) is 0 Å². The van der Waals surface area contributed by atoms with Crippen LogP contribution in [0, 0.1) is 0 Å². The third kappa shape index (κ3) is 2.83. The Morgan fingerprint density at radius 3 is 2.33 bits per heavy atom. The SMILES string of the molecule is CCCN(c1ccccc1)c1cccc(OC)c1. The number of nitrogens with zero attached hydrogens (tertiary/aromatic N) is 1. The molecular formula is C16H19NO. The summed E-state index contributed by atoms with van der Waals surface area (Å²) in [4.78, 5) is 2.31. The van der Waals surface area contributed by atoms with Crippen LogP contribution in [-0.2, 0) is 0 Å². The van der Waals surface area contributed by atoms with Crippen LogP contribution in [0.1, 0.15) is 13.3 Å². The molecular weight excluding hydrogens is 222 g/mol. The first-order valence-corrected chi connectivity index (χ1v) is 6.31. The van der Waals surface area contributed by atoms with Gasteiger partial charge >= 0.3 is 0 Å². The first kappa shape index (κ1) is 12.5. The molecule has 0 radical (unpaired) electrons. The van der Waals surface area contributed by atoms with E-state index in [0.29, 0.717) is 0 Å². The van der Waals surface area contributed by atoms with Crippen molar-refractivity contribution in [1.82, 2.24) is 0 Å². The highest BCUT2D eigenvalue weighted by molar-refractivity contribution is 5.64. The summed E-state index contributed by atoms with van der Waals surface area (Å²) in [7, 11) is 1.70. The number of para-hydroxylation sites is 1. The molecule has 2 heteroatoms.